The second kappa shape index (κ2) is 6.95. The zero-order chi connectivity index (χ0) is 19.0. The molecule has 0 spiro atoms. The number of nitrogens with zero attached hydrogens (tertiary/aromatic N) is 3. The van der Waals surface area contributed by atoms with Crippen LogP contribution in [0.15, 0.2) is 41.5 Å². The van der Waals surface area contributed by atoms with Gasteiger partial charge >= 0.3 is 0 Å². The Morgan fingerprint density at radius 2 is 2.04 bits per heavy atom. The van der Waals surface area contributed by atoms with Crippen LogP contribution in [0.3, 0.4) is 0 Å². The van der Waals surface area contributed by atoms with E-state index in [0.29, 0.717) is 16.7 Å². The van der Waals surface area contributed by atoms with Crippen LogP contribution in [-0.2, 0) is 17.6 Å². The second-order valence-electron chi connectivity index (χ2n) is 7.16. The molecule has 0 fully saturated rings. The maximum absolute atomic E-state index is 13.0. The zero-order valence-electron chi connectivity index (χ0n) is 15.5. The zero-order valence-corrected chi connectivity index (χ0v) is 15.5. The topological polar surface area (TPSA) is 76.9 Å². The summed E-state index contributed by atoms with van der Waals surface area (Å²) in [6.07, 6.45) is 5.54. The average molecular weight is 362 g/mol. The molecule has 3 aromatic rings. The molecule has 0 saturated carbocycles. The summed E-state index contributed by atoms with van der Waals surface area (Å²) in [6.45, 7) is 3.66. The third-order valence-corrected chi connectivity index (χ3v) is 5.13. The van der Waals surface area contributed by atoms with Crippen molar-refractivity contribution in [2.75, 3.05) is 5.32 Å². The number of hydrogen-bond donors (Lipinski definition) is 1. The van der Waals surface area contributed by atoms with Crippen LogP contribution < -0.4 is 10.9 Å². The number of aryl methyl sites for hydroxylation is 3. The van der Waals surface area contributed by atoms with Gasteiger partial charge in [0.25, 0.3) is 5.56 Å². The van der Waals surface area contributed by atoms with Crippen LogP contribution in [0.2, 0.25) is 0 Å². The Bertz CT molecular complexity index is 1090. The molecule has 0 saturated heterocycles. The monoisotopic (exact) mass is 362 g/mol. The molecule has 1 amide bonds. The Morgan fingerprint density at radius 1 is 1.22 bits per heavy atom. The third-order valence-electron chi connectivity index (χ3n) is 5.13. The predicted molar refractivity (Wildman–Crippen MR) is 105 cm³/mol. The lowest BCUT2D eigenvalue weighted by Gasteiger charge is -2.17. The standard InChI is InChI=1S/C21H22N4O2/c1-13-6-5-8-16(10-13)23-20(26)14(2)25-12-22-19-17(21(25)27)11-15-7-3-4-9-18(15)24-19/h5-6,8,10-12,14H,3-4,7,9H2,1-2H3,(H,23,26)/t14-/m0/s1. The molecule has 0 bridgehead atoms. The van der Waals surface area contributed by atoms with Crippen molar-refractivity contribution in [3.63, 3.8) is 0 Å². The highest BCUT2D eigenvalue weighted by molar-refractivity contribution is 5.93. The molecule has 0 unspecified atom stereocenters. The fourth-order valence-electron chi connectivity index (χ4n) is 3.56. The molecule has 0 aliphatic heterocycles. The van der Waals surface area contributed by atoms with E-state index in [0.717, 1.165) is 42.5 Å². The Labute approximate surface area is 157 Å². The fraction of sp³-hybridized carbons (Fsp3) is 0.333. The average Bonchev–Trinajstić information content (AvgIpc) is 2.66. The van der Waals surface area contributed by atoms with Gasteiger partial charge in [0.1, 0.15) is 12.4 Å². The highest BCUT2D eigenvalue weighted by Gasteiger charge is 2.20. The van der Waals surface area contributed by atoms with E-state index in [2.05, 4.69) is 15.3 Å². The molecule has 1 atom stereocenters. The van der Waals surface area contributed by atoms with Gasteiger partial charge in [-0.15, -0.1) is 0 Å². The minimum absolute atomic E-state index is 0.229. The number of aromatic nitrogens is 3. The first kappa shape index (κ1) is 17.4. The molecule has 1 aromatic carbocycles. The molecule has 6 heteroatoms. The smallest absolute Gasteiger partial charge is 0.263 e. The maximum Gasteiger partial charge on any atom is 0.263 e. The Hall–Kier alpha value is -3.02. The summed E-state index contributed by atoms with van der Waals surface area (Å²) in [7, 11) is 0. The van der Waals surface area contributed by atoms with Crippen LogP contribution in [0.4, 0.5) is 5.69 Å². The van der Waals surface area contributed by atoms with Crippen molar-refractivity contribution in [3.05, 3.63) is 63.8 Å². The van der Waals surface area contributed by atoms with E-state index in [1.807, 2.05) is 37.3 Å². The van der Waals surface area contributed by atoms with E-state index in [4.69, 9.17) is 0 Å². The Morgan fingerprint density at radius 3 is 2.85 bits per heavy atom. The second-order valence-corrected chi connectivity index (χ2v) is 7.16. The highest BCUT2D eigenvalue weighted by atomic mass is 16.2. The lowest BCUT2D eigenvalue weighted by molar-refractivity contribution is -0.118. The Balaban J connectivity index is 1.67. The lowest BCUT2D eigenvalue weighted by Crippen LogP contribution is -2.32. The van der Waals surface area contributed by atoms with Crippen LogP contribution in [0.1, 0.15) is 42.6 Å². The summed E-state index contributed by atoms with van der Waals surface area (Å²) in [5.41, 5.74) is 4.17. The van der Waals surface area contributed by atoms with Gasteiger partial charge in [-0.2, -0.15) is 0 Å². The molecule has 1 aliphatic carbocycles. The van der Waals surface area contributed by atoms with Gasteiger partial charge in [0, 0.05) is 11.4 Å². The van der Waals surface area contributed by atoms with Crippen LogP contribution >= 0.6 is 0 Å². The van der Waals surface area contributed by atoms with Crippen LogP contribution in [0.5, 0.6) is 0 Å². The van der Waals surface area contributed by atoms with E-state index in [1.165, 1.54) is 10.9 Å². The molecule has 4 rings (SSSR count). The molecular formula is C21H22N4O2. The van der Waals surface area contributed by atoms with Crippen molar-refractivity contribution in [2.45, 2.75) is 45.6 Å². The lowest BCUT2D eigenvalue weighted by atomic mass is 9.95. The van der Waals surface area contributed by atoms with Crippen molar-refractivity contribution in [3.8, 4) is 0 Å². The first-order valence-electron chi connectivity index (χ1n) is 9.30. The summed E-state index contributed by atoms with van der Waals surface area (Å²) >= 11 is 0. The van der Waals surface area contributed by atoms with Gasteiger partial charge in [0.2, 0.25) is 5.91 Å². The van der Waals surface area contributed by atoms with Gasteiger partial charge in [0.15, 0.2) is 5.65 Å². The highest BCUT2D eigenvalue weighted by Crippen LogP contribution is 2.22. The predicted octanol–water partition coefficient (Wildman–Crippen LogP) is 3.18. The van der Waals surface area contributed by atoms with Crippen molar-refractivity contribution in [2.24, 2.45) is 0 Å². The third kappa shape index (κ3) is 3.35. The number of fused-ring (bicyclic) bond motifs is 2. The van der Waals surface area contributed by atoms with Crippen molar-refractivity contribution < 1.29 is 4.79 Å². The molecule has 1 N–H and O–H groups in total. The molecule has 27 heavy (non-hydrogen) atoms. The van der Waals surface area contributed by atoms with Gasteiger partial charge in [-0.25, -0.2) is 9.97 Å². The number of pyridine rings is 1. The van der Waals surface area contributed by atoms with Crippen molar-refractivity contribution >= 4 is 22.6 Å². The van der Waals surface area contributed by atoms with Gasteiger partial charge in [-0.3, -0.25) is 14.2 Å². The summed E-state index contributed by atoms with van der Waals surface area (Å²) in [6, 6.07) is 8.80. The van der Waals surface area contributed by atoms with Gasteiger partial charge in [-0.1, -0.05) is 12.1 Å². The first-order valence-corrected chi connectivity index (χ1v) is 9.30. The van der Waals surface area contributed by atoms with E-state index in [-0.39, 0.29) is 11.5 Å². The first-order chi connectivity index (χ1) is 13.0. The van der Waals surface area contributed by atoms with E-state index in [1.54, 1.807) is 6.92 Å². The van der Waals surface area contributed by atoms with Crippen molar-refractivity contribution in [1.82, 2.24) is 14.5 Å². The van der Waals surface area contributed by atoms with E-state index in [9.17, 15) is 9.59 Å². The molecule has 2 aromatic heterocycles. The SMILES string of the molecule is Cc1cccc(NC(=O)[C@H](C)n2cnc3nc4c(cc3c2=O)CCCC4)c1. The van der Waals surface area contributed by atoms with Crippen LogP contribution in [0, 0.1) is 6.92 Å². The number of nitrogens with one attached hydrogen (secondary N) is 1. The quantitative estimate of drug-likeness (QED) is 0.776. The van der Waals surface area contributed by atoms with E-state index >= 15 is 0 Å². The summed E-state index contributed by atoms with van der Waals surface area (Å²) < 4.78 is 1.38. The number of carbonyl (C=O) groups is 1. The number of anilines is 1. The Kier molecular flexibility index (Phi) is 4.48. The number of amides is 1. The molecule has 1 aliphatic rings. The molecule has 6 nitrogen and oxygen atoms in total. The summed E-state index contributed by atoms with van der Waals surface area (Å²) in [5.74, 6) is -0.255. The largest absolute Gasteiger partial charge is 0.324 e. The molecular weight excluding hydrogens is 340 g/mol. The van der Waals surface area contributed by atoms with Gasteiger partial charge in [0.05, 0.1) is 5.39 Å². The minimum Gasteiger partial charge on any atom is -0.324 e. The van der Waals surface area contributed by atoms with Gasteiger partial charge < -0.3 is 5.32 Å². The number of benzene rings is 1. The number of hydrogen-bond acceptors (Lipinski definition) is 4. The number of rotatable bonds is 3. The fourth-order valence-corrected chi connectivity index (χ4v) is 3.56. The minimum atomic E-state index is -0.675. The normalized spacial score (nSPS) is 14.6. The van der Waals surface area contributed by atoms with Crippen molar-refractivity contribution in [1.29, 1.82) is 0 Å². The molecule has 138 valence electrons. The number of carbonyl (C=O) groups excluding carboxylic acids is 1. The van der Waals surface area contributed by atoms with Crippen LogP contribution in [-0.4, -0.2) is 20.4 Å². The molecule has 2 heterocycles. The van der Waals surface area contributed by atoms with E-state index < -0.39 is 6.04 Å². The van der Waals surface area contributed by atoms with Crippen LogP contribution in [0.25, 0.3) is 11.0 Å². The summed E-state index contributed by atoms with van der Waals surface area (Å²) in [5, 5.41) is 3.34. The summed E-state index contributed by atoms with van der Waals surface area (Å²) in [4.78, 5) is 34.5. The van der Waals surface area contributed by atoms with Gasteiger partial charge in [-0.05, 0) is 68.9 Å². The molecule has 0 radical (unpaired) electrons. The maximum atomic E-state index is 13.0.